The number of hydrogen-bond acceptors (Lipinski definition) is 3. The second kappa shape index (κ2) is 6.78. The molecule has 0 heterocycles. The van der Waals surface area contributed by atoms with Gasteiger partial charge in [-0.1, -0.05) is 23.7 Å². The molecule has 4 nitrogen and oxygen atoms in total. The van der Waals surface area contributed by atoms with E-state index >= 15 is 0 Å². The van der Waals surface area contributed by atoms with E-state index in [-0.39, 0.29) is 17.3 Å². The predicted octanol–water partition coefficient (Wildman–Crippen LogP) is 3.84. The van der Waals surface area contributed by atoms with E-state index in [9.17, 15) is 9.18 Å². The third-order valence-corrected chi connectivity index (χ3v) is 3.47. The van der Waals surface area contributed by atoms with Gasteiger partial charge in [0.15, 0.2) is 6.61 Å². The van der Waals surface area contributed by atoms with Gasteiger partial charge in [-0.3, -0.25) is 4.79 Å². The van der Waals surface area contributed by atoms with Gasteiger partial charge in [0.1, 0.15) is 11.6 Å². The molecule has 0 aliphatic rings. The molecular formula is C14H11BrClFN2O2. The maximum atomic E-state index is 13.1. The zero-order chi connectivity index (χ0) is 15.4. The molecule has 21 heavy (non-hydrogen) atoms. The van der Waals surface area contributed by atoms with E-state index in [4.69, 9.17) is 22.1 Å². The molecule has 2 aromatic rings. The number of benzene rings is 2. The Labute approximate surface area is 134 Å². The van der Waals surface area contributed by atoms with Crippen LogP contribution < -0.4 is 15.8 Å². The van der Waals surface area contributed by atoms with Crippen LogP contribution in [0.4, 0.5) is 15.8 Å². The minimum atomic E-state index is -0.502. The monoisotopic (exact) mass is 372 g/mol. The van der Waals surface area contributed by atoms with Crippen molar-refractivity contribution in [3.05, 3.63) is 51.7 Å². The van der Waals surface area contributed by atoms with Crippen molar-refractivity contribution >= 4 is 44.8 Å². The number of para-hydroxylation sites is 2. The fraction of sp³-hybridized carbons (Fsp3) is 0.0714. The lowest BCUT2D eigenvalue weighted by atomic mass is 10.3. The van der Waals surface area contributed by atoms with Gasteiger partial charge in [0.05, 0.1) is 16.4 Å². The Bertz CT molecular complexity index is 659. The van der Waals surface area contributed by atoms with Crippen LogP contribution in [-0.4, -0.2) is 12.5 Å². The first kappa shape index (κ1) is 15.6. The SMILES string of the molecule is Nc1ccccc1OCC(=O)Nc1c(Cl)cc(F)cc1Br. The first-order chi connectivity index (χ1) is 9.97. The first-order valence-corrected chi connectivity index (χ1v) is 7.06. The quantitative estimate of drug-likeness (QED) is 0.800. The zero-order valence-corrected chi connectivity index (χ0v) is 13.0. The lowest BCUT2D eigenvalue weighted by Crippen LogP contribution is -2.21. The van der Waals surface area contributed by atoms with Gasteiger partial charge < -0.3 is 15.8 Å². The Morgan fingerprint density at radius 3 is 2.76 bits per heavy atom. The van der Waals surface area contributed by atoms with Gasteiger partial charge >= 0.3 is 0 Å². The number of amides is 1. The fourth-order valence-corrected chi connectivity index (χ4v) is 2.49. The standard InChI is InChI=1S/C14H11BrClFN2O2/c15-9-5-8(17)6-10(16)14(9)19-13(20)7-21-12-4-2-1-3-11(12)18/h1-6H,7,18H2,(H,19,20). The Balaban J connectivity index is 2.01. The second-order valence-electron chi connectivity index (χ2n) is 4.12. The van der Waals surface area contributed by atoms with E-state index in [0.717, 1.165) is 6.07 Å². The Morgan fingerprint density at radius 1 is 1.38 bits per heavy atom. The molecule has 0 bridgehead atoms. The topological polar surface area (TPSA) is 64.3 Å². The van der Waals surface area contributed by atoms with Crippen LogP contribution in [0.2, 0.25) is 5.02 Å². The van der Waals surface area contributed by atoms with Gasteiger partial charge in [-0.05, 0) is 40.2 Å². The number of nitrogens with one attached hydrogen (secondary N) is 1. The summed E-state index contributed by atoms with van der Waals surface area (Å²) in [4.78, 5) is 11.8. The molecule has 0 aliphatic heterocycles. The molecule has 0 aromatic heterocycles. The van der Waals surface area contributed by atoms with Gasteiger partial charge in [0.25, 0.3) is 5.91 Å². The molecule has 2 rings (SSSR count). The minimum absolute atomic E-state index is 0.0921. The van der Waals surface area contributed by atoms with E-state index in [1.807, 2.05) is 0 Å². The van der Waals surface area contributed by atoms with E-state index in [1.165, 1.54) is 6.07 Å². The van der Waals surface area contributed by atoms with E-state index in [2.05, 4.69) is 21.2 Å². The summed E-state index contributed by atoms with van der Waals surface area (Å²) >= 11 is 9.01. The number of halogens is 3. The van der Waals surface area contributed by atoms with Gasteiger partial charge in [0.2, 0.25) is 0 Å². The van der Waals surface area contributed by atoms with Crippen LogP contribution in [0.25, 0.3) is 0 Å². The number of nitrogens with two attached hydrogens (primary N) is 1. The van der Waals surface area contributed by atoms with Gasteiger partial charge in [-0.15, -0.1) is 0 Å². The van der Waals surface area contributed by atoms with Crippen molar-refractivity contribution in [2.45, 2.75) is 0 Å². The van der Waals surface area contributed by atoms with Crippen LogP contribution in [0.15, 0.2) is 40.9 Å². The Morgan fingerprint density at radius 2 is 2.10 bits per heavy atom. The molecular weight excluding hydrogens is 363 g/mol. The minimum Gasteiger partial charge on any atom is -0.482 e. The summed E-state index contributed by atoms with van der Waals surface area (Å²) < 4.78 is 18.7. The number of rotatable bonds is 4. The highest BCUT2D eigenvalue weighted by atomic mass is 79.9. The molecule has 0 spiro atoms. The largest absolute Gasteiger partial charge is 0.482 e. The lowest BCUT2D eigenvalue weighted by Gasteiger charge is -2.11. The average Bonchev–Trinajstić information content (AvgIpc) is 2.42. The lowest BCUT2D eigenvalue weighted by molar-refractivity contribution is -0.118. The number of hydrogen-bond donors (Lipinski definition) is 2. The summed E-state index contributed by atoms with van der Waals surface area (Å²) in [6.07, 6.45) is 0. The average molecular weight is 374 g/mol. The third kappa shape index (κ3) is 4.09. The van der Waals surface area contributed by atoms with Crippen LogP contribution in [0.1, 0.15) is 0 Å². The van der Waals surface area contributed by atoms with Crippen molar-refractivity contribution in [2.24, 2.45) is 0 Å². The molecule has 1 amide bonds. The maximum Gasteiger partial charge on any atom is 0.262 e. The highest BCUT2D eigenvalue weighted by Crippen LogP contribution is 2.31. The molecule has 0 atom stereocenters. The Hall–Kier alpha value is -1.79. The molecule has 0 fully saturated rings. The summed E-state index contributed by atoms with van der Waals surface area (Å²) in [7, 11) is 0. The van der Waals surface area contributed by atoms with Crippen molar-refractivity contribution in [1.82, 2.24) is 0 Å². The molecule has 0 saturated heterocycles. The van der Waals surface area contributed by atoms with Crippen molar-refractivity contribution in [1.29, 1.82) is 0 Å². The summed E-state index contributed by atoms with van der Waals surface area (Å²) in [5.41, 5.74) is 6.42. The highest BCUT2D eigenvalue weighted by molar-refractivity contribution is 9.10. The first-order valence-electron chi connectivity index (χ1n) is 5.89. The van der Waals surface area contributed by atoms with Crippen molar-refractivity contribution in [2.75, 3.05) is 17.7 Å². The van der Waals surface area contributed by atoms with Gasteiger partial charge in [-0.2, -0.15) is 0 Å². The van der Waals surface area contributed by atoms with Gasteiger partial charge in [-0.25, -0.2) is 4.39 Å². The number of anilines is 2. The third-order valence-electron chi connectivity index (χ3n) is 2.55. The Kier molecular flexibility index (Phi) is 5.03. The van der Waals surface area contributed by atoms with Crippen LogP contribution in [0.3, 0.4) is 0 Å². The van der Waals surface area contributed by atoms with E-state index in [0.29, 0.717) is 15.9 Å². The fourth-order valence-electron chi connectivity index (χ4n) is 1.59. The zero-order valence-electron chi connectivity index (χ0n) is 10.7. The van der Waals surface area contributed by atoms with Crippen molar-refractivity contribution < 1.29 is 13.9 Å². The van der Waals surface area contributed by atoms with Gasteiger partial charge in [0, 0.05) is 4.47 Å². The number of ether oxygens (including phenoxy) is 1. The van der Waals surface area contributed by atoms with Crippen LogP contribution in [0, 0.1) is 5.82 Å². The van der Waals surface area contributed by atoms with E-state index in [1.54, 1.807) is 24.3 Å². The van der Waals surface area contributed by atoms with Crippen LogP contribution in [-0.2, 0) is 4.79 Å². The molecule has 3 N–H and O–H groups in total. The van der Waals surface area contributed by atoms with E-state index < -0.39 is 11.7 Å². The molecule has 110 valence electrons. The summed E-state index contributed by atoms with van der Waals surface area (Å²) in [6, 6.07) is 9.15. The number of nitrogen functional groups attached to an aromatic ring is 1. The smallest absolute Gasteiger partial charge is 0.262 e. The number of carbonyl (C=O) groups excluding carboxylic acids is 1. The normalized spacial score (nSPS) is 10.2. The number of carbonyl (C=O) groups is 1. The molecule has 0 unspecified atom stereocenters. The van der Waals surface area contributed by atoms with Crippen molar-refractivity contribution in [3.63, 3.8) is 0 Å². The molecule has 0 aliphatic carbocycles. The molecule has 2 aromatic carbocycles. The summed E-state index contributed by atoms with van der Waals surface area (Å²) in [6.45, 7) is -0.242. The highest BCUT2D eigenvalue weighted by Gasteiger charge is 2.12. The molecule has 7 heteroatoms. The summed E-state index contributed by atoms with van der Waals surface area (Å²) in [5, 5.41) is 2.64. The maximum absolute atomic E-state index is 13.1. The molecule has 0 radical (unpaired) electrons. The van der Waals surface area contributed by atoms with Crippen LogP contribution >= 0.6 is 27.5 Å². The van der Waals surface area contributed by atoms with Crippen molar-refractivity contribution in [3.8, 4) is 5.75 Å². The summed E-state index contributed by atoms with van der Waals surface area (Å²) in [5.74, 6) is -0.525. The second-order valence-corrected chi connectivity index (χ2v) is 5.38. The molecule has 0 saturated carbocycles. The predicted molar refractivity (Wildman–Crippen MR) is 84.1 cm³/mol. The van der Waals surface area contributed by atoms with Crippen LogP contribution in [0.5, 0.6) is 5.75 Å².